The van der Waals surface area contributed by atoms with E-state index in [9.17, 15) is 4.79 Å². The number of carbonyl (C=O) groups is 1. The third-order valence-electron chi connectivity index (χ3n) is 2.54. The smallest absolute Gasteiger partial charge is 0.221 e. The minimum Gasteiger partial charge on any atom is -0.497 e. The van der Waals surface area contributed by atoms with Crippen LogP contribution in [0.3, 0.4) is 0 Å². The molecule has 19 heavy (non-hydrogen) atoms. The average molecular weight is 297 g/mol. The van der Waals surface area contributed by atoms with Gasteiger partial charge in [-0.3, -0.25) is 4.79 Å². The van der Waals surface area contributed by atoms with Crippen molar-refractivity contribution >= 4 is 43.4 Å². The maximum Gasteiger partial charge on any atom is 0.221 e. The Bertz CT molecular complexity index is 546. The van der Waals surface area contributed by atoms with Gasteiger partial charge in [0.1, 0.15) is 5.75 Å². The number of nitrogens with zero attached hydrogens (tertiary/aromatic N) is 2. The molecular weight excluding hydrogens is 282 g/mol. The van der Waals surface area contributed by atoms with Gasteiger partial charge in [-0.15, -0.1) is 20.7 Å². The third kappa shape index (κ3) is 3.51. The van der Waals surface area contributed by atoms with Crippen LogP contribution >= 0.6 is 20.7 Å². The molecule has 0 atom stereocenters. The van der Waals surface area contributed by atoms with Gasteiger partial charge in [0.05, 0.1) is 18.2 Å². The monoisotopic (exact) mass is 297 g/mol. The molecule has 0 saturated heterocycles. The first-order chi connectivity index (χ1) is 9.02. The van der Waals surface area contributed by atoms with Gasteiger partial charge in [-0.1, -0.05) is 6.07 Å². The summed E-state index contributed by atoms with van der Waals surface area (Å²) in [4.78, 5) is 11.3. The van der Waals surface area contributed by atoms with Gasteiger partial charge < -0.3 is 10.1 Å². The lowest BCUT2D eigenvalue weighted by molar-refractivity contribution is -0.114. The minimum absolute atomic E-state index is 0.119. The van der Waals surface area contributed by atoms with E-state index in [0.717, 1.165) is 11.3 Å². The predicted octanol–water partition coefficient (Wildman–Crippen LogP) is 2.79. The van der Waals surface area contributed by atoms with E-state index in [1.807, 2.05) is 12.1 Å². The van der Waals surface area contributed by atoms with Gasteiger partial charge in [-0.25, -0.2) is 0 Å². The van der Waals surface area contributed by atoms with E-state index in [0.29, 0.717) is 11.5 Å². The number of thiol groups is 1. The summed E-state index contributed by atoms with van der Waals surface area (Å²) in [5, 5.41) is 10.5. The van der Waals surface area contributed by atoms with Gasteiger partial charge in [0.15, 0.2) is 0 Å². The van der Waals surface area contributed by atoms with Crippen molar-refractivity contribution in [1.82, 2.24) is 0 Å². The Morgan fingerprint density at radius 3 is 2.68 bits per heavy atom. The highest BCUT2D eigenvalue weighted by Gasteiger charge is 2.21. The second-order valence-electron chi connectivity index (χ2n) is 4.10. The van der Waals surface area contributed by atoms with E-state index in [-0.39, 0.29) is 5.91 Å². The third-order valence-corrected chi connectivity index (χ3v) is 5.19. The summed E-state index contributed by atoms with van der Waals surface area (Å²) in [5.74, 6) is 1.25. The highest BCUT2D eigenvalue weighted by Crippen LogP contribution is 2.53. The molecule has 1 aromatic carbocycles. The number of carbonyl (C=O) groups excluding carboxylic acids is 1. The van der Waals surface area contributed by atoms with Gasteiger partial charge in [-0.05, 0) is 11.6 Å². The van der Waals surface area contributed by atoms with Crippen LogP contribution in [0.2, 0.25) is 0 Å². The van der Waals surface area contributed by atoms with Crippen molar-refractivity contribution in [3.8, 4) is 5.75 Å². The van der Waals surface area contributed by atoms with Crippen LogP contribution in [-0.4, -0.2) is 24.1 Å². The van der Waals surface area contributed by atoms with Crippen molar-refractivity contribution in [3.05, 3.63) is 23.8 Å². The van der Waals surface area contributed by atoms with Crippen LogP contribution in [0.15, 0.2) is 28.4 Å². The molecule has 0 radical (unpaired) electrons. The molecule has 0 spiro atoms. The lowest BCUT2D eigenvalue weighted by atomic mass is 10.2. The normalized spacial score (nSPS) is 17.2. The molecule has 1 N–H and O–H groups in total. The predicted molar refractivity (Wildman–Crippen MR) is 84.6 cm³/mol. The van der Waals surface area contributed by atoms with Crippen molar-refractivity contribution < 1.29 is 9.53 Å². The van der Waals surface area contributed by atoms with Gasteiger partial charge in [0.25, 0.3) is 0 Å². The molecule has 102 valence electrons. The quantitative estimate of drug-likeness (QED) is 0.663. The zero-order valence-electron chi connectivity index (χ0n) is 10.7. The Labute approximate surface area is 118 Å². The number of hydrogen-bond acceptors (Lipinski definition) is 5. The van der Waals surface area contributed by atoms with E-state index in [1.165, 1.54) is 6.92 Å². The Morgan fingerprint density at radius 1 is 1.42 bits per heavy atom. The van der Waals surface area contributed by atoms with Gasteiger partial charge in [-0.2, -0.15) is 10.2 Å². The van der Waals surface area contributed by atoms with E-state index in [1.54, 1.807) is 24.3 Å². The SMILES string of the molecule is COc1ccc(CS2(S)C=NN=C2)c(NC(C)=O)c1. The molecule has 1 aromatic rings. The number of hydrogen-bond donors (Lipinski definition) is 2. The minimum atomic E-state index is -1.42. The average Bonchev–Trinajstić information content (AvgIpc) is 2.77. The summed E-state index contributed by atoms with van der Waals surface area (Å²) in [5.41, 5.74) is 5.25. The van der Waals surface area contributed by atoms with E-state index in [4.69, 9.17) is 4.74 Å². The zero-order valence-corrected chi connectivity index (χ0v) is 12.4. The fraction of sp³-hybridized carbons (Fsp3) is 0.250. The van der Waals surface area contributed by atoms with Crippen molar-refractivity contribution in [2.24, 2.45) is 10.2 Å². The second-order valence-corrected chi connectivity index (χ2v) is 8.47. The Morgan fingerprint density at radius 2 is 2.11 bits per heavy atom. The van der Waals surface area contributed by atoms with Gasteiger partial charge in [0, 0.05) is 24.4 Å². The number of amides is 1. The number of nitrogens with one attached hydrogen (secondary N) is 1. The van der Waals surface area contributed by atoms with Crippen molar-refractivity contribution in [2.45, 2.75) is 12.7 Å². The summed E-state index contributed by atoms with van der Waals surface area (Å²) in [6.07, 6.45) is 0. The van der Waals surface area contributed by atoms with Crippen LogP contribution in [-0.2, 0) is 10.5 Å². The van der Waals surface area contributed by atoms with E-state index >= 15 is 0 Å². The van der Waals surface area contributed by atoms with E-state index in [2.05, 4.69) is 27.2 Å². The molecule has 1 aliphatic heterocycles. The van der Waals surface area contributed by atoms with Crippen LogP contribution in [0, 0.1) is 0 Å². The molecule has 2 rings (SSSR count). The van der Waals surface area contributed by atoms with Crippen molar-refractivity contribution in [1.29, 1.82) is 0 Å². The standard InChI is InChI=1S/C12H15N3O2S2/c1-9(16)15-12-5-11(17-2)4-3-10(12)6-19(18)7-13-14-8-19/h3-5,7-8,18H,6H2,1-2H3,(H,15,16). The lowest BCUT2D eigenvalue weighted by Gasteiger charge is -2.23. The molecule has 1 aliphatic rings. The highest BCUT2D eigenvalue weighted by molar-refractivity contribution is 8.98. The number of benzene rings is 1. The largest absolute Gasteiger partial charge is 0.497 e. The summed E-state index contributed by atoms with van der Waals surface area (Å²) in [6.45, 7) is 1.48. The van der Waals surface area contributed by atoms with Crippen molar-refractivity contribution in [2.75, 3.05) is 12.4 Å². The lowest BCUT2D eigenvalue weighted by Crippen LogP contribution is -2.09. The topological polar surface area (TPSA) is 63.1 Å². The first kappa shape index (κ1) is 14.0. The molecule has 5 nitrogen and oxygen atoms in total. The molecule has 1 amide bonds. The van der Waals surface area contributed by atoms with Crippen LogP contribution in [0.1, 0.15) is 12.5 Å². The molecule has 0 fully saturated rings. The molecule has 0 bridgehead atoms. The fourth-order valence-corrected chi connectivity index (χ4v) is 3.74. The molecular formula is C12H15N3O2S2. The number of ether oxygens (including phenoxy) is 1. The molecule has 0 unspecified atom stereocenters. The second kappa shape index (κ2) is 5.66. The molecule has 0 aliphatic carbocycles. The molecule has 0 saturated carbocycles. The van der Waals surface area contributed by atoms with Crippen LogP contribution in [0.5, 0.6) is 5.75 Å². The molecule has 1 heterocycles. The Kier molecular flexibility index (Phi) is 4.16. The first-order valence-electron chi connectivity index (χ1n) is 5.57. The van der Waals surface area contributed by atoms with Crippen LogP contribution in [0.4, 0.5) is 5.69 Å². The maximum atomic E-state index is 11.3. The maximum absolute atomic E-state index is 11.3. The molecule has 0 aromatic heterocycles. The summed E-state index contributed by atoms with van der Waals surface area (Å²) < 4.78 is 5.17. The van der Waals surface area contributed by atoms with E-state index < -0.39 is 9.06 Å². The van der Waals surface area contributed by atoms with Gasteiger partial charge >= 0.3 is 0 Å². The Hall–Kier alpha value is -1.47. The zero-order chi connectivity index (χ0) is 13.9. The first-order valence-corrected chi connectivity index (χ1v) is 8.55. The summed E-state index contributed by atoms with van der Waals surface area (Å²) >= 11 is 4.62. The number of anilines is 1. The van der Waals surface area contributed by atoms with Crippen LogP contribution < -0.4 is 10.1 Å². The fourth-order valence-electron chi connectivity index (χ4n) is 1.68. The van der Waals surface area contributed by atoms with Crippen molar-refractivity contribution in [3.63, 3.8) is 0 Å². The highest BCUT2D eigenvalue weighted by atomic mass is 33.1. The van der Waals surface area contributed by atoms with Crippen LogP contribution in [0.25, 0.3) is 0 Å². The molecule has 7 heteroatoms. The number of rotatable bonds is 4. The van der Waals surface area contributed by atoms with Gasteiger partial charge in [0.2, 0.25) is 5.91 Å². The summed E-state index contributed by atoms with van der Waals surface area (Å²) in [7, 11) is 0.176. The Balaban J connectivity index is 2.30. The summed E-state index contributed by atoms with van der Waals surface area (Å²) in [6, 6.07) is 5.59. The number of methoxy groups -OCH3 is 1.